The second-order valence-electron chi connectivity index (χ2n) is 5.82. The Morgan fingerprint density at radius 3 is 2.25 bits per heavy atom. The molecule has 4 aromatic rings. The van der Waals surface area contributed by atoms with Crippen molar-refractivity contribution in [3.63, 3.8) is 0 Å². The third-order valence-electron chi connectivity index (χ3n) is 3.83. The van der Waals surface area contributed by atoms with E-state index in [-0.39, 0.29) is 11.8 Å². The largest absolute Gasteiger partial charge is 0.472 e. The Bertz CT molecular complexity index is 1040. The minimum atomic E-state index is -0.480. The maximum absolute atomic E-state index is 13.6. The molecule has 7 heteroatoms. The average molecular weight is 374 g/mol. The van der Waals surface area contributed by atoms with Crippen molar-refractivity contribution in [2.24, 2.45) is 0 Å². The van der Waals surface area contributed by atoms with Gasteiger partial charge in [0.15, 0.2) is 11.6 Å². The van der Waals surface area contributed by atoms with Crippen molar-refractivity contribution in [1.82, 2.24) is 20.2 Å². The minimum Gasteiger partial charge on any atom is -0.472 e. The maximum Gasteiger partial charge on any atom is 0.322 e. The first-order chi connectivity index (χ1) is 13.8. The normalized spacial score (nSPS) is 10.5. The highest BCUT2D eigenvalue weighted by molar-refractivity contribution is 5.56. The Morgan fingerprint density at radius 1 is 0.786 bits per heavy atom. The molecule has 0 aliphatic carbocycles. The number of para-hydroxylation sites is 1. The van der Waals surface area contributed by atoms with Crippen LogP contribution in [0.3, 0.4) is 0 Å². The quantitative estimate of drug-likeness (QED) is 0.497. The van der Waals surface area contributed by atoms with Crippen LogP contribution in [0.1, 0.15) is 5.56 Å². The van der Waals surface area contributed by atoms with Gasteiger partial charge in [0.2, 0.25) is 5.88 Å². The summed E-state index contributed by atoms with van der Waals surface area (Å²) in [4.78, 5) is 8.18. The Balaban J connectivity index is 1.41. The van der Waals surface area contributed by atoms with E-state index < -0.39 is 5.82 Å². The van der Waals surface area contributed by atoms with Crippen LogP contribution in [0, 0.1) is 5.82 Å². The van der Waals surface area contributed by atoms with Crippen molar-refractivity contribution >= 4 is 0 Å². The molecular formula is C21H15FN4O2. The molecule has 0 atom stereocenters. The lowest BCUT2D eigenvalue weighted by molar-refractivity contribution is 0.290. The number of benzene rings is 2. The lowest BCUT2D eigenvalue weighted by Crippen LogP contribution is -1.99. The van der Waals surface area contributed by atoms with E-state index in [0.717, 1.165) is 5.56 Å². The lowest BCUT2D eigenvalue weighted by Gasteiger charge is -2.06. The number of rotatable bonds is 6. The van der Waals surface area contributed by atoms with Crippen LogP contribution in [0.4, 0.5) is 4.39 Å². The smallest absolute Gasteiger partial charge is 0.322 e. The molecule has 0 N–H and O–H groups in total. The highest BCUT2D eigenvalue weighted by Crippen LogP contribution is 2.22. The zero-order valence-corrected chi connectivity index (χ0v) is 14.7. The fourth-order valence-corrected chi connectivity index (χ4v) is 2.41. The van der Waals surface area contributed by atoms with Crippen LogP contribution in [0.25, 0.3) is 11.3 Å². The Kier molecular flexibility index (Phi) is 5.15. The Hall–Kier alpha value is -3.87. The molecule has 0 fully saturated rings. The van der Waals surface area contributed by atoms with E-state index in [9.17, 15) is 4.39 Å². The summed E-state index contributed by atoms with van der Waals surface area (Å²) in [7, 11) is 0. The highest BCUT2D eigenvalue weighted by Gasteiger charge is 2.08. The van der Waals surface area contributed by atoms with Crippen LogP contribution < -0.4 is 9.47 Å². The molecule has 0 bridgehead atoms. The Labute approximate surface area is 160 Å². The first kappa shape index (κ1) is 17.5. The molecule has 0 radical (unpaired) electrons. The summed E-state index contributed by atoms with van der Waals surface area (Å²) >= 11 is 0. The molecule has 0 aliphatic rings. The van der Waals surface area contributed by atoms with Gasteiger partial charge in [-0.05, 0) is 23.8 Å². The van der Waals surface area contributed by atoms with Crippen molar-refractivity contribution in [3.05, 3.63) is 90.5 Å². The lowest BCUT2D eigenvalue weighted by atomic mass is 10.2. The van der Waals surface area contributed by atoms with Gasteiger partial charge in [-0.1, -0.05) is 42.5 Å². The van der Waals surface area contributed by atoms with Gasteiger partial charge in [-0.2, -0.15) is 0 Å². The van der Waals surface area contributed by atoms with E-state index in [0.29, 0.717) is 23.7 Å². The van der Waals surface area contributed by atoms with Gasteiger partial charge in [0, 0.05) is 24.0 Å². The van der Waals surface area contributed by atoms with Crippen molar-refractivity contribution in [2.75, 3.05) is 0 Å². The molecule has 6 nitrogen and oxygen atoms in total. The molecule has 0 spiro atoms. The Morgan fingerprint density at radius 2 is 1.54 bits per heavy atom. The third kappa shape index (κ3) is 4.27. The van der Waals surface area contributed by atoms with Gasteiger partial charge in [-0.25, -0.2) is 14.4 Å². The van der Waals surface area contributed by atoms with E-state index in [4.69, 9.17) is 9.47 Å². The summed E-state index contributed by atoms with van der Waals surface area (Å²) in [6.45, 7) is 0.417. The molecular weight excluding hydrogens is 359 g/mol. The fraction of sp³-hybridized carbons (Fsp3) is 0.0476. The van der Waals surface area contributed by atoms with Crippen LogP contribution in [-0.4, -0.2) is 20.2 Å². The maximum atomic E-state index is 13.6. The third-order valence-corrected chi connectivity index (χ3v) is 3.83. The first-order valence-corrected chi connectivity index (χ1v) is 8.53. The summed E-state index contributed by atoms with van der Waals surface area (Å²) in [6.07, 6.45) is 3.08. The standard InChI is InChI=1S/C21H15FN4O2/c22-17-8-4-5-9-19(17)28-21-23-12-16(13-24-21)18-10-11-20(26-25-18)27-14-15-6-2-1-3-7-15/h1-13H,14H2. The summed E-state index contributed by atoms with van der Waals surface area (Å²) in [5.74, 6) is 0.00937. The highest BCUT2D eigenvalue weighted by atomic mass is 19.1. The molecule has 0 aliphatic heterocycles. The van der Waals surface area contributed by atoms with Crippen LogP contribution in [-0.2, 0) is 6.61 Å². The summed E-state index contributed by atoms with van der Waals surface area (Å²) in [6, 6.07) is 19.4. The summed E-state index contributed by atoms with van der Waals surface area (Å²) in [5.41, 5.74) is 2.29. The monoisotopic (exact) mass is 374 g/mol. The van der Waals surface area contributed by atoms with Crippen molar-refractivity contribution < 1.29 is 13.9 Å². The van der Waals surface area contributed by atoms with Gasteiger partial charge in [0.1, 0.15) is 6.61 Å². The van der Waals surface area contributed by atoms with Crippen LogP contribution in [0.15, 0.2) is 79.1 Å². The van der Waals surface area contributed by atoms with Crippen molar-refractivity contribution in [1.29, 1.82) is 0 Å². The van der Waals surface area contributed by atoms with Gasteiger partial charge in [-0.3, -0.25) is 0 Å². The van der Waals surface area contributed by atoms with E-state index in [1.807, 2.05) is 30.3 Å². The number of hydrogen-bond acceptors (Lipinski definition) is 6. The molecule has 0 unspecified atom stereocenters. The molecule has 0 saturated heterocycles. The van der Waals surface area contributed by atoms with E-state index in [1.54, 1.807) is 24.3 Å². The van der Waals surface area contributed by atoms with E-state index in [1.165, 1.54) is 24.5 Å². The number of aromatic nitrogens is 4. The van der Waals surface area contributed by atoms with Crippen LogP contribution in [0.5, 0.6) is 17.6 Å². The molecule has 2 aromatic carbocycles. The zero-order valence-electron chi connectivity index (χ0n) is 14.7. The predicted molar refractivity (Wildman–Crippen MR) is 100 cm³/mol. The van der Waals surface area contributed by atoms with E-state index >= 15 is 0 Å². The molecule has 2 aromatic heterocycles. The summed E-state index contributed by atoms with van der Waals surface area (Å²) < 4.78 is 24.6. The van der Waals surface area contributed by atoms with Crippen molar-refractivity contribution in [2.45, 2.75) is 6.61 Å². The number of ether oxygens (including phenoxy) is 2. The predicted octanol–water partition coefficient (Wildman–Crippen LogP) is 4.44. The second kappa shape index (κ2) is 8.22. The molecule has 4 rings (SSSR count). The summed E-state index contributed by atoms with van der Waals surface area (Å²) in [5, 5.41) is 8.20. The van der Waals surface area contributed by atoms with Gasteiger partial charge in [0.25, 0.3) is 0 Å². The SMILES string of the molecule is Fc1ccccc1Oc1ncc(-c2ccc(OCc3ccccc3)nn2)cn1. The van der Waals surface area contributed by atoms with Gasteiger partial charge < -0.3 is 9.47 Å². The molecule has 0 amide bonds. The first-order valence-electron chi connectivity index (χ1n) is 8.53. The van der Waals surface area contributed by atoms with Crippen molar-refractivity contribution in [3.8, 4) is 28.9 Å². The van der Waals surface area contributed by atoms with E-state index in [2.05, 4.69) is 20.2 Å². The van der Waals surface area contributed by atoms with Crippen LogP contribution >= 0.6 is 0 Å². The molecule has 138 valence electrons. The van der Waals surface area contributed by atoms with Gasteiger partial charge in [0.05, 0.1) is 5.69 Å². The average Bonchev–Trinajstić information content (AvgIpc) is 2.76. The number of halogens is 1. The topological polar surface area (TPSA) is 70.0 Å². The fourth-order valence-electron chi connectivity index (χ4n) is 2.41. The number of nitrogens with zero attached hydrogens (tertiary/aromatic N) is 4. The second-order valence-corrected chi connectivity index (χ2v) is 5.82. The zero-order chi connectivity index (χ0) is 19.2. The molecule has 2 heterocycles. The molecule has 0 saturated carbocycles. The van der Waals surface area contributed by atoms with Gasteiger partial charge >= 0.3 is 6.01 Å². The molecule has 28 heavy (non-hydrogen) atoms. The van der Waals surface area contributed by atoms with Gasteiger partial charge in [-0.15, -0.1) is 10.2 Å². The van der Waals surface area contributed by atoms with Crippen LogP contribution in [0.2, 0.25) is 0 Å². The minimum absolute atomic E-state index is 0.0459. The number of hydrogen-bond donors (Lipinski definition) is 0.